The first-order valence-electron chi connectivity index (χ1n) is 7.61. The second-order valence-electron chi connectivity index (χ2n) is 6.30. The van der Waals surface area contributed by atoms with Crippen LogP contribution in [0, 0.1) is 5.92 Å². The molecular formula is C16H32O2. The Kier molecular flexibility index (Phi) is 10.1. The van der Waals surface area contributed by atoms with Crippen LogP contribution in [0.1, 0.15) is 85.5 Å². The highest BCUT2D eigenvalue weighted by Gasteiger charge is 2.08. The number of rotatable bonds is 2. The smallest absolute Gasteiger partial charge is 0.293 e. The first kappa shape index (κ1) is 17.5. The third-order valence-electron chi connectivity index (χ3n) is 3.45. The molecule has 1 saturated carbocycles. The summed E-state index contributed by atoms with van der Waals surface area (Å²) in [7, 11) is 0. The molecule has 0 aromatic rings. The molecule has 1 rings (SSSR count). The Morgan fingerprint density at radius 3 is 1.72 bits per heavy atom. The Morgan fingerprint density at radius 2 is 1.44 bits per heavy atom. The molecular weight excluding hydrogens is 224 g/mol. The van der Waals surface area contributed by atoms with E-state index < -0.39 is 0 Å². The van der Waals surface area contributed by atoms with Crippen molar-refractivity contribution in [3.05, 3.63) is 0 Å². The lowest BCUT2D eigenvalue weighted by Gasteiger charge is -2.14. The van der Waals surface area contributed by atoms with Gasteiger partial charge in [0.05, 0.1) is 0 Å². The van der Waals surface area contributed by atoms with Crippen LogP contribution < -0.4 is 0 Å². The van der Waals surface area contributed by atoms with Gasteiger partial charge >= 0.3 is 0 Å². The maximum absolute atomic E-state index is 9.60. The average Bonchev–Trinajstić information content (AvgIpc) is 2.41. The average molecular weight is 256 g/mol. The van der Waals surface area contributed by atoms with Gasteiger partial charge in [0, 0.05) is 0 Å². The van der Waals surface area contributed by atoms with Crippen LogP contribution in [0.25, 0.3) is 0 Å². The second kappa shape index (κ2) is 10.4. The highest BCUT2D eigenvalue weighted by Crippen LogP contribution is 2.23. The van der Waals surface area contributed by atoms with E-state index in [1.165, 1.54) is 57.8 Å². The van der Waals surface area contributed by atoms with Gasteiger partial charge < -0.3 is 4.74 Å². The topological polar surface area (TPSA) is 26.3 Å². The lowest BCUT2D eigenvalue weighted by Crippen LogP contribution is -2.17. The molecule has 1 aliphatic carbocycles. The van der Waals surface area contributed by atoms with Crippen LogP contribution in [0.3, 0.4) is 0 Å². The maximum Gasteiger partial charge on any atom is 0.293 e. The zero-order valence-electron chi connectivity index (χ0n) is 12.8. The summed E-state index contributed by atoms with van der Waals surface area (Å²) >= 11 is 0. The molecule has 1 aliphatic rings. The molecule has 0 atom stereocenters. The van der Waals surface area contributed by atoms with Crippen molar-refractivity contribution in [2.75, 3.05) is 0 Å². The summed E-state index contributed by atoms with van der Waals surface area (Å²) in [6.45, 7) is 8.27. The highest BCUT2D eigenvalue weighted by atomic mass is 16.5. The Bertz CT molecular complexity index is 184. The van der Waals surface area contributed by atoms with Crippen LogP contribution in [-0.4, -0.2) is 12.1 Å². The van der Waals surface area contributed by atoms with Crippen LogP contribution in [0.5, 0.6) is 0 Å². The van der Waals surface area contributed by atoms with E-state index in [-0.39, 0.29) is 5.60 Å². The fourth-order valence-corrected chi connectivity index (χ4v) is 2.27. The predicted octanol–water partition coefficient (Wildman–Crippen LogP) is 5.10. The summed E-state index contributed by atoms with van der Waals surface area (Å²) in [6, 6.07) is 0. The zero-order chi connectivity index (χ0) is 13.9. The van der Waals surface area contributed by atoms with E-state index in [1.54, 1.807) is 0 Å². The van der Waals surface area contributed by atoms with Gasteiger partial charge in [-0.25, -0.2) is 0 Å². The molecule has 0 amide bonds. The van der Waals surface area contributed by atoms with Gasteiger partial charge in [-0.15, -0.1) is 0 Å². The monoisotopic (exact) mass is 256 g/mol. The molecule has 0 aromatic carbocycles. The molecule has 0 N–H and O–H groups in total. The van der Waals surface area contributed by atoms with Crippen LogP contribution in [-0.2, 0) is 9.53 Å². The number of hydrogen-bond donors (Lipinski definition) is 0. The second-order valence-corrected chi connectivity index (χ2v) is 6.30. The minimum absolute atomic E-state index is 0.318. The summed E-state index contributed by atoms with van der Waals surface area (Å²) in [6.07, 6.45) is 13.4. The summed E-state index contributed by atoms with van der Waals surface area (Å²) < 4.78 is 4.55. The van der Waals surface area contributed by atoms with Gasteiger partial charge in [0.2, 0.25) is 0 Å². The van der Waals surface area contributed by atoms with Gasteiger partial charge in [0.25, 0.3) is 6.47 Å². The predicted molar refractivity (Wildman–Crippen MR) is 77.6 cm³/mol. The van der Waals surface area contributed by atoms with E-state index in [9.17, 15) is 4.79 Å². The van der Waals surface area contributed by atoms with Crippen molar-refractivity contribution in [3.63, 3.8) is 0 Å². The van der Waals surface area contributed by atoms with Crippen LogP contribution in [0.2, 0.25) is 0 Å². The summed E-state index contributed by atoms with van der Waals surface area (Å²) in [5, 5.41) is 0. The lowest BCUT2D eigenvalue weighted by atomic mass is 9.95. The van der Waals surface area contributed by atoms with E-state index >= 15 is 0 Å². The number of carbonyl (C=O) groups is 1. The van der Waals surface area contributed by atoms with Gasteiger partial charge in [-0.1, -0.05) is 64.7 Å². The SMILES string of the molecule is CC(C)(C)OC=O.CCC1CCCCCCCC1. The van der Waals surface area contributed by atoms with Gasteiger partial charge in [-0.05, 0) is 26.7 Å². The van der Waals surface area contributed by atoms with Crippen molar-refractivity contribution in [1.29, 1.82) is 0 Å². The minimum Gasteiger partial charge on any atom is -0.462 e. The zero-order valence-corrected chi connectivity index (χ0v) is 12.8. The fraction of sp³-hybridized carbons (Fsp3) is 0.938. The van der Waals surface area contributed by atoms with Crippen molar-refractivity contribution >= 4 is 6.47 Å². The Balaban J connectivity index is 0.000000360. The van der Waals surface area contributed by atoms with E-state index in [0.717, 1.165) is 5.92 Å². The van der Waals surface area contributed by atoms with E-state index in [4.69, 9.17) is 0 Å². The summed E-state index contributed by atoms with van der Waals surface area (Å²) in [5.41, 5.74) is -0.318. The molecule has 108 valence electrons. The van der Waals surface area contributed by atoms with Crippen LogP contribution >= 0.6 is 0 Å². The van der Waals surface area contributed by atoms with Crippen molar-refractivity contribution in [3.8, 4) is 0 Å². The van der Waals surface area contributed by atoms with E-state index in [0.29, 0.717) is 6.47 Å². The number of hydrogen-bond acceptors (Lipinski definition) is 2. The van der Waals surface area contributed by atoms with Crippen LogP contribution in [0.15, 0.2) is 0 Å². The molecule has 0 unspecified atom stereocenters. The molecule has 1 fully saturated rings. The molecule has 0 bridgehead atoms. The maximum atomic E-state index is 9.60. The van der Waals surface area contributed by atoms with Crippen molar-refractivity contribution in [2.24, 2.45) is 5.92 Å². The summed E-state index contributed by atoms with van der Waals surface area (Å²) in [5.74, 6) is 1.06. The Morgan fingerprint density at radius 1 is 1.00 bits per heavy atom. The third-order valence-corrected chi connectivity index (χ3v) is 3.45. The fourth-order valence-electron chi connectivity index (χ4n) is 2.27. The number of ether oxygens (including phenoxy) is 1. The highest BCUT2D eigenvalue weighted by molar-refractivity contribution is 5.37. The first-order chi connectivity index (χ1) is 8.49. The van der Waals surface area contributed by atoms with Gasteiger partial charge in [-0.2, -0.15) is 0 Å². The van der Waals surface area contributed by atoms with Gasteiger partial charge in [-0.3, -0.25) is 4.79 Å². The first-order valence-corrected chi connectivity index (χ1v) is 7.61. The molecule has 2 heteroatoms. The molecule has 2 nitrogen and oxygen atoms in total. The molecule has 0 aromatic heterocycles. The molecule has 0 radical (unpaired) electrons. The van der Waals surface area contributed by atoms with Crippen molar-refractivity contribution < 1.29 is 9.53 Å². The largest absolute Gasteiger partial charge is 0.462 e. The normalized spacial score (nSPS) is 18.7. The number of carbonyl (C=O) groups excluding carboxylic acids is 1. The van der Waals surface area contributed by atoms with Gasteiger partial charge in [0.15, 0.2) is 0 Å². The molecule has 0 aliphatic heterocycles. The van der Waals surface area contributed by atoms with Crippen molar-refractivity contribution in [1.82, 2.24) is 0 Å². The quantitative estimate of drug-likeness (QED) is 0.642. The molecule has 0 spiro atoms. The Hall–Kier alpha value is -0.530. The standard InChI is InChI=1S/C11H22.C5H10O2/c1-2-11-9-7-5-3-4-6-8-10-11;1-5(2,3)7-4-6/h11H,2-10H2,1H3;4H,1-3H3. The minimum atomic E-state index is -0.318. The third kappa shape index (κ3) is 11.9. The Labute approximate surface area is 113 Å². The van der Waals surface area contributed by atoms with E-state index in [2.05, 4.69) is 11.7 Å². The molecule has 18 heavy (non-hydrogen) atoms. The van der Waals surface area contributed by atoms with E-state index in [1.807, 2.05) is 20.8 Å². The molecule has 0 heterocycles. The lowest BCUT2D eigenvalue weighted by molar-refractivity contribution is -0.138. The summed E-state index contributed by atoms with van der Waals surface area (Å²) in [4.78, 5) is 9.60. The van der Waals surface area contributed by atoms with Crippen LogP contribution in [0.4, 0.5) is 0 Å². The van der Waals surface area contributed by atoms with Crippen molar-refractivity contribution in [2.45, 2.75) is 91.1 Å². The van der Waals surface area contributed by atoms with Gasteiger partial charge in [0.1, 0.15) is 5.60 Å². The molecule has 0 saturated heterocycles.